The van der Waals surface area contributed by atoms with E-state index in [1.807, 2.05) is 0 Å². The summed E-state index contributed by atoms with van der Waals surface area (Å²) in [5, 5.41) is 3.05. The van der Waals surface area contributed by atoms with Crippen LogP contribution in [-0.2, 0) is 19.6 Å². The molecular weight excluding hydrogens is 380 g/mol. The molecule has 0 heterocycles. The molecule has 138 valence electrons. The topological polar surface area (TPSA) is 102 Å². The van der Waals surface area contributed by atoms with E-state index in [2.05, 4.69) is 14.8 Å². The quantitative estimate of drug-likeness (QED) is 0.700. The van der Waals surface area contributed by atoms with Gasteiger partial charge in [0.15, 0.2) is 0 Å². The molecule has 0 saturated heterocycles. The minimum absolute atomic E-state index is 0.0500. The third-order valence-corrected chi connectivity index (χ3v) is 5.09. The second-order valence-electron chi connectivity index (χ2n) is 5.22. The Morgan fingerprint density at radius 3 is 2.23 bits per heavy atom. The molecule has 1 amide bonds. The molecule has 0 aliphatic heterocycles. The molecule has 0 aliphatic rings. The van der Waals surface area contributed by atoms with Gasteiger partial charge in [0.2, 0.25) is 15.9 Å². The van der Waals surface area contributed by atoms with Crippen LogP contribution in [0.25, 0.3) is 0 Å². The number of nitrogens with one attached hydrogen (secondary N) is 2. The van der Waals surface area contributed by atoms with E-state index in [-0.39, 0.29) is 23.8 Å². The molecule has 0 aliphatic carbocycles. The Hall–Kier alpha value is -2.42. The number of esters is 1. The molecule has 2 aromatic carbocycles. The lowest BCUT2D eigenvalue weighted by atomic mass is 10.2. The monoisotopic (exact) mass is 396 g/mol. The zero-order valence-electron chi connectivity index (χ0n) is 13.9. The standard InChI is InChI=1S/C17H17ClN2O5S/c1-25-17(22)12-2-6-14(7-3-12)20-16(21)10-11-19-26(23,24)15-8-4-13(18)5-9-15/h2-9,19H,10-11H2,1H3,(H,20,21). The third kappa shape index (κ3) is 5.55. The number of ether oxygens (including phenoxy) is 1. The van der Waals surface area contributed by atoms with Crippen LogP contribution in [0.2, 0.25) is 5.02 Å². The zero-order valence-corrected chi connectivity index (χ0v) is 15.4. The number of rotatable bonds is 7. The number of sulfonamides is 1. The lowest BCUT2D eigenvalue weighted by molar-refractivity contribution is -0.116. The minimum Gasteiger partial charge on any atom is -0.465 e. The van der Waals surface area contributed by atoms with Gasteiger partial charge in [-0.3, -0.25) is 4.79 Å². The summed E-state index contributed by atoms with van der Waals surface area (Å²) in [7, 11) is -2.42. The van der Waals surface area contributed by atoms with Crippen LogP contribution in [-0.4, -0.2) is 33.9 Å². The van der Waals surface area contributed by atoms with Crippen LogP contribution in [0, 0.1) is 0 Å². The van der Waals surface area contributed by atoms with Gasteiger partial charge in [-0.05, 0) is 48.5 Å². The van der Waals surface area contributed by atoms with Crippen LogP contribution in [0.3, 0.4) is 0 Å². The highest BCUT2D eigenvalue weighted by Gasteiger charge is 2.14. The Labute approximate surface area is 156 Å². The van der Waals surface area contributed by atoms with Gasteiger partial charge in [0.25, 0.3) is 0 Å². The number of halogens is 1. The zero-order chi connectivity index (χ0) is 19.2. The third-order valence-electron chi connectivity index (χ3n) is 3.36. The van der Waals surface area contributed by atoms with Gasteiger partial charge in [0.1, 0.15) is 0 Å². The van der Waals surface area contributed by atoms with Gasteiger partial charge in [-0.25, -0.2) is 17.9 Å². The van der Waals surface area contributed by atoms with E-state index in [0.29, 0.717) is 16.3 Å². The number of carbonyl (C=O) groups excluding carboxylic acids is 2. The predicted octanol–water partition coefficient (Wildman–Crippen LogP) is 2.43. The van der Waals surface area contributed by atoms with Crippen LogP contribution in [0.4, 0.5) is 5.69 Å². The summed E-state index contributed by atoms with van der Waals surface area (Å²) in [6, 6.07) is 11.9. The molecule has 2 aromatic rings. The highest BCUT2D eigenvalue weighted by molar-refractivity contribution is 7.89. The van der Waals surface area contributed by atoms with Crippen molar-refractivity contribution < 1.29 is 22.7 Å². The molecule has 7 nitrogen and oxygen atoms in total. The fraction of sp³-hybridized carbons (Fsp3) is 0.176. The average Bonchev–Trinajstić information content (AvgIpc) is 2.62. The van der Waals surface area contributed by atoms with Crippen molar-refractivity contribution in [1.29, 1.82) is 0 Å². The van der Waals surface area contributed by atoms with Crippen LogP contribution in [0.15, 0.2) is 53.4 Å². The van der Waals surface area contributed by atoms with E-state index >= 15 is 0 Å². The van der Waals surface area contributed by atoms with Crippen LogP contribution in [0.5, 0.6) is 0 Å². The van der Waals surface area contributed by atoms with Crippen molar-refractivity contribution in [3.05, 3.63) is 59.1 Å². The Kier molecular flexibility index (Phi) is 6.73. The second kappa shape index (κ2) is 8.79. The summed E-state index contributed by atoms with van der Waals surface area (Å²) in [5.74, 6) is -0.839. The number of anilines is 1. The maximum Gasteiger partial charge on any atom is 0.337 e. The van der Waals surface area contributed by atoms with Gasteiger partial charge < -0.3 is 10.1 Å². The van der Waals surface area contributed by atoms with E-state index in [1.54, 1.807) is 12.1 Å². The summed E-state index contributed by atoms with van der Waals surface area (Å²) in [6.07, 6.45) is -0.0500. The minimum atomic E-state index is -3.70. The lowest BCUT2D eigenvalue weighted by Gasteiger charge is -2.08. The first-order chi connectivity index (χ1) is 12.3. The first-order valence-corrected chi connectivity index (χ1v) is 9.41. The lowest BCUT2D eigenvalue weighted by Crippen LogP contribution is -2.27. The van der Waals surface area contributed by atoms with Crippen LogP contribution in [0.1, 0.15) is 16.8 Å². The molecular formula is C17H17ClN2O5S. The van der Waals surface area contributed by atoms with Crippen LogP contribution < -0.4 is 10.0 Å². The van der Waals surface area contributed by atoms with Gasteiger partial charge >= 0.3 is 5.97 Å². The molecule has 0 spiro atoms. The molecule has 9 heteroatoms. The van der Waals surface area contributed by atoms with Gasteiger partial charge in [0.05, 0.1) is 17.6 Å². The van der Waals surface area contributed by atoms with Gasteiger partial charge in [0, 0.05) is 23.7 Å². The van der Waals surface area contributed by atoms with Crippen molar-refractivity contribution in [2.75, 3.05) is 19.0 Å². The molecule has 0 unspecified atom stereocenters. The highest BCUT2D eigenvalue weighted by atomic mass is 35.5. The Bertz CT molecular complexity index is 880. The SMILES string of the molecule is COC(=O)c1ccc(NC(=O)CCNS(=O)(=O)c2ccc(Cl)cc2)cc1. The Morgan fingerprint density at radius 1 is 1.04 bits per heavy atom. The van der Waals surface area contributed by atoms with Crippen molar-refractivity contribution in [1.82, 2.24) is 4.72 Å². The van der Waals surface area contributed by atoms with E-state index in [4.69, 9.17) is 11.6 Å². The molecule has 0 saturated carbocycles. The van der Waals surface area contributed by atoms with Gasteiger partial charge in [-0.2, -0.15) is 0 Å². The number of hydrogen-bond donors (Lipinski definition) is 2. The van der Waals surface area contributed by atoms with E-state index in [1.165, 1.54) is 43.5 Å². The second-order valence-corrected chi connectivity index (χ2v) is 7.42. The molecule has 0 fully saturated rings. The largest absolute Gasteiger partial charge is 0.465 e. The Morgan fingerprint density at radius 2 is 1.65 bits per heavy atom. The predicted molar refractivity (Wildman–Crippen MR) is 97.7 cm³/mol. The average molecular weight is 397 g/mol. The number of carbonyl (C=O) groups is 2. The Balaban J connectivity index is 1.85. The number of amides is 1. The van der Waals surface area contributed by atoms with Crippen molar-refractivity contribution in [3.8, 4) is 0 Å². The first kappa shape index (κ1) is 19.9. The molecule has 0 atom stereocenters. The smallest absolute Gasteiger partial charge is 0.337 e. The molecule has 0 aromatic heterocycles. The summed E-state index contributed by atoms with van der Waals surface area (Å²) >= 11 is 5.73. The van der Waals surface area contributed by atoms with Gasteiger partial charge in [-0.15, -0.1) is 0 Å². The molecule has 0 radical (unpaired) electrons. The molecule has 2 N–H and O–H groups in total. The number of benzene rings is 2. The fourth-order valence-corrected chi connectivity index (χ4v) is 3.18. The molecule has 0 bridgehead atoms. The first-order valence-electron chi connectivity index (χ1n) is 7.55. The van der Waals surface area contributed by atoms with Gasteiger partial charge in [-0.1, -0.05) is 11.6 Å². The molecule has 2 rings (SSSR count). The summed E-state index contributed by atoms with van der Waals surface area (Å²) in [4.78, 5) is 23.3. The summed E-state index contributed by atoms with van der Waals surface area (Å²) in [6.45, 7) is -0.0585. The van der Waals surface area contributed by atoms with E-state index in [9.17, 15) is 18.0 Å². The number of methoxy groups -OCH3 is 1. The molecule has 26 heavy (non-hydrogen) atoms. The highest BCUT2D eigenvalue weighted by Crippen LogP contribution is 2.14. The van der Waals surface area contributed by atoms with Crippen LogP contribution >= 0.6 is 11.6 Å². The van der Waals surface area contributed by atoms with E-state index < -0.39 is 16.0 Å². The maximum atomic E-state index is 12.1. The summed E-state index contributed by atoms with van der Waals surface area (Å²) < 4.78 is 31.1. The summed E-state index contributed by atoms with van der Waals surface area (Å²) in [5.41, 5.74) is 0.851. The fourth-order valence-electron chi connectivity index (χ4n) is 2.03. The van der Waals surface area contributed by atoms with Crippen molar-refractivity contribution in [2.24, 2.45) is 0 Å². The van der Waals surface area contributed by atoms with E-state index in [0.717, 1.165) is 0 Å². The van der Waals surface area contributed by atoms with Crippen molar-refractivity contribution in [2.45, 2.75) is 11.3 Å². The van der Waals surface area contributed by atoms with Crippen molar-refractivity contribution >= 4 is 39.2 Å². The maximum absolute atomic E-state index is 12.1. The van der Waals surface area contributed by atoms with Crippen molar-refractivity contribution in [3.63, 3.8) is 0 Å². The normalized spacial score (nSPS) is 11.0. The number of hydrogen-bond acceptors (Lipinski definition) is 5.